The maximum absolute atomic E-state index is 9.41. The van der Waals surface area contributed by atoms with Crippen LogP contribution in [0.4, 0.5) is 5.82 Å². The third-order valence-corrected chi connectivity index (χ3v) is 3.10. The van der Waals surface area contributed by atoms with Crippen molar-refractivity contribution in [1.29, 1.82) is 0 Å². The van der Waals surface area contributed by atoms with Gasteiger partial charge in [-0.05, 0) is 12.8 Å². The van der Waals surface area contributed by atoms with Crippen LogP contribution in [0.1, 0.15) is 25.7 Å². The van der Waals surface area contributed by atoms with Crippen LogP contribution in [0.25, 0.3) is 0 Å². The SMILES string of the molecule is OCC1(Nc2cc(Cl)ncn2)CCCC1. The summed E-state index contributed by atoms with van der Waals surface area (Å²) < 4.78 is 0. The van der Waals surface area contributed by atoms with Gasteiger partial charge in [-0.2, -0.15) is 0 Å². The van der Waals surface area contributed by atoms with Gasteiger partial charge in [-0.25, -0.2) is 9.97 Å². The van der Waals surface area contributed by atoms with Gasteiger partial charge in [0.25, 0.3) is 0 Å². The third-order valence-electron chi connectivity index (χ3n) is 2.89. The zero-order chi connectivity index (χ0) is 10.7. The van der Waals surface area contributed by atoms with Crippen LogP contribution in [-0.4, -0.2) is 27.2 Å². The van der Waals surface area contributed by atoms with E-state index in [4.69, 9.17) is 11.6 Å². The van der Waals surface area contributed by atoms with Crippen LogP contribution in [0.3, 0.4) is 0 Å². The lowest BCUT2D eigenvalue weighted by molar-refractivity contribution is 0.214. The van der Waals surface area contributed by atoms with E-state index >= 15 is 0 Å². The van der Waals surface area contributed by atoms with Crippen molar-refractivity contribution in [2.75, 3.05) is 11.9 Å². The molecular formula is C10H14ClN3O. The average molecular weight is 228 g/mol. The maximum Gasteiger partial charge on any atom is 0.134 e. The Morgan fingerprint density at radius 2 is 2.13 bits per heavy atom. The highest BCUT2D eigenvalue weighted by Crippen LogP contribution is 2.32. The van der Waals surface area contributed by atoms with Crippen molar-refractivity contribution in [3.8, 4) is 0 Å². The Morgan fingerprint density at radius 1 is 1.40 bits per heavy atom. The van der Waals surface area contributed by atoms with Gasteiger partial charge in [0.2, 0.25) is 0 Å². The fourth-order valence-corrected chi connectivity index (χ4v) is 2.20. The fourth-order valence-electron chi connectivity index (χ4n) is 2.05. The van der Waals surface area contributed by atoms with Crippen molar-refractivity contribution in [2.45, 2.75) is 31.2 Å². The Labute approximate surface area is 93.7 Å². The van der Waals surface area contributed by atoms with Crippen LogP contribution in [0.15, 0.2) is 12.4 Å². The predicted octanol–water partition coefficient (Wildman–Crippen LogP) is 1.85. The van der Waals surface area contributed by atoms with Crippen molar-refractivity contribution in [3.63, 3.8) is 0 Å². The molecule has 0 radical (unpaired) electrons. The first-order valence-corrected chi connectivity index (χ1v) is 5.48. The van der Waals surface area contributed by atoms with Gasteiger partial charge in [0.05, 0.1) is 12.1 Å². The molecule has 1 heterocycles. The Bertz CT molecular complexity index is 339. The Hall–Kier alpha value is -0.870. The minimum absolute atomic E-state index is 0.134. The largest absolute Gasteiger partial charge is 0.394 e. The number of halogens is 1. The summed E-state index contributed by atoms with van der Waals surface area (Å²) in [5.74, 6) is 0.686. The number of anilines is 1. The molecule has 2 rings (SSSR count). The molecule has 0 atom stereocenters. The molecule has 0 bridgehead atoms. The molecule has 1 saturated carbocycles. The van der Waals surface area contributed by atoms with Gasteiger partial charge in [-0.3, -0.25) is 0 Å². The standard InChI is InChI=1S/C10H14ClN3O/c11-8-5-9(13-7-12-8)14-10(6-15)3-1-2-4-10/h5,7,15H,1-4,6H2,(H,12,13,14). The van der Waals surface area contributed by atoms with E-state index in [-0.39, 0.29) is 12.1 Å². The molecule has 0 saturated heterocycles. The Kier molecular flexibility index (Phi) is 3.07. The zero-order valence-electron chi connectivity index (χ0n) is 8.41. The van der Waals surface area contributed by atoms with Gasteiger partial charge in [-0.1, -0.05) is 24.4 Å². The second kappa shape index (κ2) is 4.33. The monoisotopic (exact) mass is 227 g/mol. The van der Waals surface area contributed by atoms with E-state index in [1.165, 1.54) is 6.33 Å². The Balaban J connectivity index is 2.12. The number of aliphatic hydroxyl groups is 1. The van der Waals surface area contributed by atoms with Gasteiger partial charge >= 0.3 is 0 Å². The molecule has 1 fully saturated rings. The number of aliphatic hydroxyl groups excluding tert-OH is 1. The molecule has 82 valence electrons. The zero-order valence-corrected chi connectivity index (χ0v) is 9.17. The van der Waals surface area contributed by atoms with Crippen LogP contribution in [0.5, 0.6) is 0 Å². The molecule has 1 aliphatic carbocycles. The molecule has 15 heavy (non-hydrogen) atoms. The van der Waals surface area contributed by atoms with Crippen LogP contribution < -0.4 is 5.32 Å². The van der Waals surface area contributed by atoms with Crippen molar-refractivity contribution >= 4 is 17.4 Å². The predicted molar refractivity (Wildman–Crippen MR) is 58.9 cm³/mol. The summed E-state index contributed by atoms with van der Waals surface area (Å²) in [5, 5.41) is 13.1. The van der Waals surface area contributed by atoms with E-state index in [0.29, 0.717) is 11.0 Å². The highest BCUT2D eigenvalue weighted by molar-refractivity contribution is 6.29. The van der Waals surface area contributed by atoms with E-state index in [1.807, 2.05) is 0 Å². The topological polar surface area (TPSA) is 58.0 Å². The van der Waals surface area contributed by atoms with E-state index in [0.717, 1.165) is 25.7 Å². The van der Waals surface area contributed by atoms with Crippen LogP contribution >= 0.6 is 11.6 Å². The van der Waals surface area contributed by atoms with Crippen LogP contribution in [0, 0.1) is 0 Å². The first-order chi connectivity index (χ1) is 7.24. The summed E-state index contributed by atoms with van der Waals surface area (Å²) in [7, 11) is 0. The Morgan fingerprint density at radius 3 is 2.73 bits per heavy atom. The summed E-state index contributed by atoms with van der Waals surface area (Å²) >= 11 is 5.77. The van der Waals surface area contributed by atoms with Crippen LogP contribution in [-0.2, 0) is 0 Å². The molecule has 5 heteroatoms. The lowest BCUT2D eigenvalue weighted by Gasteiger charge is -2.28. The minimum Gasteiger partial charge on any atom is -0.394 e. The quantitative estimate of drug-likeness (QED) is 0.774. The second-order valence-electron chi connectivity index (χ2n) is 4.00. The number of nitrogens with one attached hydrogen (secondary N) is 1. The van der Waals surface area contributed by atoms with Gasteiger partial charge in [0.1, 0.15) is 17.3 Å². The second-order valence-corrected chi connectivity index (χ2v) is 4.38. The number of aromatic nitrogens is 2. The van der Waals surface area contributed by atoms with E-state index in [9.17, 15) is 5.11 Å². The van der Waals surface area contributed by atoms with Crippen LogP contribution in [0.2, 0.25) is 5.15 Å². The summed E-state index contributed by atoms with van der Waals surface area (Å²) in [6.07, 6.45) is 5.67. The first kappa shape index (κ1) is 10.6. The molecule has 0 unspecified atom stereocenters. The minimum atomic E-state index is -0.211. The maximum atomic E-state index is 9.41. The lowest BCUT2D eigenvalue weighted by Crippen LogP contribution is -2.39. The summed E-state index contributed by atoms with van der Waals surface area (Å²) in [6.45, 7) is 0.134. The van der Waals surface area contributed by atoms with Crippen molar-refractivity contribution in [3.05, 3.63) is 17.5 Å². The normalized spacial score (nSPS) is 19.1. The summed E-state index contributed by atoms with van der Waals surface area (Å²) in [4.78, 5) is 7.89. The van der Waals surface area contributed by atoms with Gasteiger partial charge in [0, 0.05) is 6.07 Å². The summed E-state index contributed by atoms with van der Waals surface area (Å²) in [5.41, 5.74) is -0.211. The highest BCUT2D eigenvalue weighted by Gasteiger charge is 2.33. The fraction of sp³-hybridized carbons (Fsp3) is 0.600. The average Bonchev–Trinajstić information content (AvgIpc) is 2.67. The molecule has 4 nitrogen and oxygen atoms in total. The number of rotatable bonds is 3. The smallest absolute Gasteiger partial charge is 0.134 e. The van der Waals surface area contributed by atoms with Gasteiger partial charge < -0.3 is 10.4 Å². The lowest BCUT2D eigenvalue weighted by atomic mass is 9.99. The molecule has 1 aromatic rings. The molecule has 2 N–H and O–H groups in total. The van der Waals surface area contributed by atoms with Gasteiger partial charge in [0.15, 0.2) is 0 Å². The number of hydrogen-bond acceptors (Lipinski definition) is 4. The molecule has 1 aliphatic rings. The first-order valence-electron chi connectivity index (χ1n) is 5.11. The van der Waals surface area contributed by atoms with Gasteiger partial charge in [-0.15, -0.1) is 0 Å². The van der Waals surface area contributed by atoms with Crippen molar-refractivity contribution < 1.29 is 5.11 Å². The molecular weight excluding hydrogens is 214 g/mol. The molecule has 0 spiro atoms. The van der Waals surface area contributed by atoms with Crippen molar-refractivity contribution in [2.24, 2.45) is 0 Å². The third kappa shape index (κ3) is 2.38. The molecule has 0 aromatic carbocycles. The van der Waals surface area contributed by atoms with E-state index in [2.05, 4.69) is 15.3 Å². The molecule has 0 amide bonds. The number of hydrogen-bond donors (Lipinski definition) is 2. The van der Waals surface area contributed by atoms with E-state index in [1.54, 1.807) is 6.07 Å². The summed E-state index contributed by atoms with van der Waals surface area (Å²) in [6, 6.07) is 1.68. The molecule has 0 aliphatic heterocycles. The number of nitrogens with zero attached hydrogens (tertiary/aromatic N) is 2. The van der Waals surface area contributed by atoms with E-state index < -0.39 is 0 Å². The molecule has 1 aromatic heterocycles. The highest BCUT2D eigenvalue weighted by atomic mass is 35.5. The van der Waals surface area contributed by atoms with Crippen molar-refractivity contribution in [1.82, 2.24) is 9.97 Å².